The minimum absolute atomic E-state index is 0.0629. The topological polar surface area (TPSA) is 64.3 Å². The Balaban J connectivity index is 2.22. The molecule has 3 N–H and O–H groups in total. The van der Waals surface area contributed by atoms with Crippen LogP contribution in [0.25, 0.3) is 0 Å². The highest BCUT2D eigenvalue weighted by atomic mass is 35.5. The number of nitrogens with two attached hydrogens (primary N) is 1. The van der Waals surface area contributed by atoms with Crippen molar-refractivity contribution < 1.29 is 9.53 Å². The fourth-order valence-electron chi connectivity index (χ4n) is 2.45. The monoisotopic (exact) mass is 282 g/mol. The number of hydrogen-bond donors (Lipinski definition) is 2. The normalized spacial score (nSPS) is 26.9. The van der Waals surface area contributed by atoms with Crippen LogP contribution in [-0.4, -0.2) is 24.2 Å². The number of carbonyl (C=O) groups is 1. The standard InChI is InChI=1S/C14H19ClN2O2/c1-2-12-9-14(13(16)18,6-7-19-12)17-11-5-3-4-10(15)8-11/h3-5,8,12,17H,2,6-7,9H2,1H3,(H2,16,18). The Morgan fingerprint density at radius 2 is 2.42 bits per heavy atom. The van der Waals surface area contributed by atoms with E-state index in [-0.39, 0.29) is 12.0 Å². The smallest absolute Gasteiger partial charge is 0.243 e. The van der Waals surface area contributed by atoms with Crippen LogP contribution >= 0.6 is 11.6 Å². The van der Waals surface area contributed by atoms with Crippen LogP contribution in [-0.2, 0) is 9.53 Å². The summed E-state index contributed by atoms with van der Waals surface area (Å²) in [4.78, 5) is 11.9. The van der Waals surface area contributed by atoms with Crippen molar-refractivity contribution in [1.29, 1.82) is 0 Å². The van der Waals surface area contributed by atoms with Gasteiger partial charge < -0.3 is 15.8 Å². The van der Waals surface area contributed by atoms with Crippen LogP contribution < -0.4 is 11.1 Å². The number of ether oxygens (including phenoxy) is 1. The van der Waals surface area contributed by atoms with Crippen molar-refractivity contribution in [2.75, 3.05) is 11.9 Å². The molecule has 1 aromatic rings. The third kappa shape index (κ3) is 3.19. The lowest BCUT2D eigenvalue weighted by Crippen LogP contribution is -2.55. The molecule has 19 heavy (non-hydrogen) atoms. The van der Waals surface area contributed by atoms with E-state index in [1.165, 1.54) is 0 Å². The highest BCUT2D eigenvalue weighted by molar-refractivity contribution is 6.30. The van der Waals surface area contributed by atoms with E-state index in [0.29, 0.717) is 24.5 Å². The number of hydrogen-bond acceptors (Lipinski definition) is 3. The molecule has 0 bridgehead atoms. The summed E-state index contributed by atoms with van der Waals surface area (Å²) in [5, 5.41) is 3.89. The maximum Gasteiger partial charge on any atom is 0.243 e. The second-order valence-corrected chi connectivity index (χ2v) is 5.37. The predicted octanol–water partition coefficient (Wildman–Crippen LogP) is 2.57. The van der Waals surface area contributed by atoms with Crippen LogP contribution in [0.5, 0.6) is 0 Å². The summed E-state index contributed by atoms with van der Waals surface area (Å²) in [5.74, 6) is -0.339. The minimum Gasteiger partial charge on any atom is -0.378 e. The highest BCUT2D eigenvalue weighted by Crippen LogP contribution is 2.30. The van der Waals surface area contributed by atoms with Crippen LogP contribution in [0.3, 0.4) is 0 Å². The molecular weight excluding hydrogens is 264 g/mol. The Morgan fingerprint density at radius 3 is 3.05 bits per heavy atom. The Labute approximate surface area is 118 Å². The lowest BCUT2D eigenvalue weighted by Gasteiger charge is -2.39. The van der Waals surface area contributed by atoms with Gasteiger partial charge in [0.05, 0.1) is 6.10 Å². The molecule has 2 atom stereocenters. The number of anilines is 1. The largest absolute Gasteiger partial charge is 0.378 e. The van der Waals surface area contributed by atoms with E-state index in [0.717, 1.165) is 12.1 Å². The molecule has 1 amide bonds. The Kier molecular flexibility index (Phi) is 4.32. The molecule has 4 nitrogen and oxygen atoms in total. The van der Waals surface area contributed by atoms with E-state index in [1.54, 1.807) is 12.1 Å². The molecule has 1 aromatic carbocycles. The molecule has 1 aliphatic heterocycles. The number of benzene rings is 1. The van der Waals surface area contributed by atoms with Gasteiger partial charge >= 0.3 is 0 Å². The summed E-state index contributed by atoms with van der Waals surface area (Å²) >= 11 is 5.96. The first-order valence-electron chi connectivity index (χ1n) is 6.51. The summed E-state index contributed by atoms with van der Waals surface area (Å²) in [6.07, 6.45) is 2.09. The Morgan fingerprint density at radius 1 is 1.63 bits per heavy atom. The Hall–Kier alpha value is -1.26. The minimum atomic E-state index is -0.746. The van der Waals surface area contributed by atoms with E-state index in [1.807, 2.05) is 19.1 Å². The molecular formula is C14H19ClN2O2. The molecule has 0 spiro atoms. The fourth-order valence-corrected chi connectivity index (χ4v) is 2.64. The quantitative estimate of drug-likeness (QED) is 0.892. The van der Waals surface area contributed by atoms with Crippen molar-refractivity contribution in [3.8, 4) is 0 Å². The average Bonchev–Trinajstić information content (AvgIpc) is 2.38. The zero-order chi connectivity index (χ0) is 13.9. The van der Waals surface area contributed by atoms with Gasteiger partial charge in [0.25, 0.3) is 0 Å². The average molecular weight is 283 g/mol. The highest BCUT2D eigenvalue weighted by Gasteiger charge is 2.41. The van der Waals surface area contributed by atoms with Crippen molar-refractivity contribution in [1.82, 2.24) is 0 Å². The molecule has 0 saturated carbocycles. The number of halogens is 1. The van der Waals surface area contributed by atoms with Gasteiger partial charge in [-0.1, -0.05) is 24.6 Å². The zero-order valence-electron chi connectivity index (χ0n) is 11.0. The van der Waals surface area contributed by atoms with Gasteiger partial charge in [-0.25, -0.2) is 0 Å². The summed E-state index contributed by atoms with van der Waals surface area (Å²) < 4.78 is 5.62. The van der Waals surface area contributed by atoms with Gasteiger partial charge in [0.1, 0.15) is 5.54 Å². The van der Waals surface area contributed by atoms with E-state index in [9.17, 15) is 4.79 Å². The molecule has 0 aromatic heterocycles. The summed E-state index contributed by atoms with van der Waals surface area (Å²) in [6.45, 7) is 2.58. The van der Waals surface area contributed by atoms with Crippen molar-refractivity contribution >= 4 is 23.2 Å². The van der Waals surface area contributed by atoms with Gasteiger partial charge in [-0.3, -0.25) is 4.79 Å². The number of carbonyl (C=O) groups excluding carboxylic acids is 1. The van der Waals surface area contributed by atoms with Crippen molar-refractivity contribution in [2.45, 2.75) is 37.8 Å². The van der Waals surface area contributed by atoms with E-state index < -0.39 is 5.54 Å². The first kappa shape index (κ1) is 14.2. The lowest BCUT2D eigenvalue weighted by atomic mass is 9.84. The van der Waals surface area contributed by atoms with Gasteiger partial charge in [0.15, 0.2) is 0 Å². The molecule has 2 unspecified atom stereocenters. The van der Waals surface area contributed by atoms with Crippen molar-refractivity contribution in [2.24, 2.45) is 5.73 Å². The first-order chi connectivity index (χ1) is 9.05. The number of amides is 1. The molecule has 0 radical (unpaired) electrons. The number of nitrogens with one attached hydrogen (secondary N) is 1. The maximum atomic E-state index is 11.9. The molecule has 1 heterocycles. The number of rotatable bonds is 4. The third-order valence-electron chi connectivity index (χ3n) is 3.59. The molecule has 0 aliphatic carbocycles. The predicted molar refractivity (Wildman–Crippen MR) is 76.3 cm³/mol. The van der Waals surface area contributed by atoms with Gasteiger partial charge in [-0.2, -0.15) is 0 Å². The van der Waals surface area contributed by atoms with Crippen LogP contribution in [0.15, 0.2) is 24.3 Å². The fraction of sp³-hybridized carbons (Fsp3) is 0.500. The van der Waals surface area contributed by atoms with Crippen molar-refractivity contribution in [3.05, 3.63) is 29.3 Å². The Bertz CT molecular complexity index is 467. The maximum absolute atomic E-state index is 11.9. The van der Waals surface area contributed by atoms with Gasteiger partial charge in [-0.05, 0) is 24.6 Å². The van der Waals surface area contributed by atoms with Crippen LogP contribution in [0.1, 0.15) is 26.2 Å². The molecule has 1 fully saturated rings. The number of primary amides is 1. The molecule has 1 aliphatic rings. The van der Waals surface area contributed by atoms with Gasteiger partial charge in [0, 0.05) is 30.2 Å². The van der Waals surface area contributed by atoms with Crippen LogP contribution in [0, 0.1) is 0 Å². The van der Waals surface area contributed by atoms with Crippen LogP contribution in [0.2, 0.25) is 5.02 Å². The second kappa shape index (κ2) is 5.80. The summed E-state index contributed by atoms with van der Waals surface area (Å²) in [6, 6.07) is 7.31. The van der Waals surface area contributed by atoms with E-state index in [4.69, 9.17) is 22.1 Å². The molecule has 5 heteroatoms. The summed E-state index contributed by atoms with van der Waals surface area (Å²) in [7, 11) is 0. The van der Waals surface area contributed by atoms with Crippen LogP contribution in [0.4, 0.5) is 5.69 Å². The van der Waals surface area contributed by atoms with Gasteiger partial charge in [-0.15, -0.1) is 0 Å². The van der Waals surface area contributed by atoms with Gasteiger partial charge in [0.2, 0.25) is 5.91 Å². The molecule has 2 rings (SSSR count). The van der Waals surface area contributed by atoms with Crippen molar-refractivity contribution in [3.63, 3.8) is 0 Å². The SMILES string of the molecule is CCC1CC(Nc2cccc(Cl)c2)(C(N)=O)CCO1. The molecule has 104 valence electrons. The van der Waals surface area contributed by atoms with E-state index in [2.05, 4.69) is 5.32 Å². The van der Waals surface area contributed by atoms with E-state index >= 15 is 0 Å². The third-order valence-corrected chi connectivity index (χ3v) is 3.83. The lowest BCUT2D eigenvalue weighted by molar-refractivity contribution is -0.127. The molecule has 1 saturated heterocycles. The summed E-state index contributed by atoms with van der Waals surface area (Å²) in [5.41, 5.74) is 5.68. The first-order valence-corrected chi connectivity index (χ1v) is 6.89. The second-order valence-electron chi connectivity index (χ2n) is 4.94. The zero-order valence-corrected chi connectivity index (χ0v) is 11.7.